The van der Waals surface area contributed by atoms with Gasteiger partial charge in [-0.25, -0.2) is 9.13 Å². The third-order valence-electron chi connectivity index (χ3n) is 2.45. The zero-order chi connectivity index (χ0) is 16.5. The Kier molecular flexibility index (Phi) is 4.11. The summed E-state index contributed by atoms with van der Waals surface area (Å²) < 4.78 is 63.7. The topological polar surface area (TPSA) is 8.81 Å². The average Bonchev–Trinajstić information content (AvgIpc) is 2.51. The number of hydrogen-bond donors (Lipinski definition) is 0. The van der Waals surface area contributed by atoms with Gasteiger partial charge in [0.2, 0.25) is 6.33 Å². The van der Waals surface area contributed by atoms with Crippen molar-refractivity contribution in [3.8, 4) is 0 Å². The molecule has 1 aromatic heterocycles. The predicted octanol–water partition coefficient (Wildman–Crippen LogP) is 5.50. The first-order valence-corrected chi connectivity index (χ1v) is 8.16. The van der Waals surface area contributed by atoms with Crippen molar-refractivity contribution in [3.05, 3.63) is 30.6 Å². The van der Waals surface area contributed by atoms with Gasteiger partial charge < -0.3 is 0 Å². The average molecular weight is 334 g/mol. The van der Waals surface area contributed by atoms with Gasteiger partial charge in [-0.05, 0) is 18.1 Å². The molecule has 1 aromatic carbocycles. The molecular weight excluding hydrogens is 317 g/mol. The monoisotopic (exact) mass is 334 g/mol. The number of fused-ring (bicyclic) bond motifs is 1. The first kappa shape index (κ1) is 17.8. The first-order valence-electron chi connectivity index (χ1n) is 6.13. The molecule has 0 atom stereocenters. The minimum absolute atomic E-state index is 0.686. The molecule has 2 rings (SSSR count). The number of benzene rings is 1. The number of rotatable bonds is 2. The van der Waals surface area contributed by atoms with Crippen LogP contribution in [0.1, 0.15) is 13.8 Å². The van der Waals surface area contributed by atoms with E-state index in [1.807, 2.05) is 0 Å². The summed E-state index contributed by atoms with van der Waals surface area (Å²) in [5, 5.41) is 0. The van der Waals surface area contributed by atoms with E-state index in [-0.39, 0.29) is 0 Å². The summed E-state index contributed by atoms with van der Waals surface area (Å²) in [5.74, 6) is 0.686. The van der Waals surface area contributed by atoms with Crippen molar-refractivity contribution in [3.63, 3.8) is 0 Å². The van der Waals surface area contributed by atoms with E-state index in [1.165, 1.54) is 11.0 Å². The number of aryl methyl sites for hydroxylation is 1. The molecule has 0 aliphatic carbocycles. The maximum absolute atomic E-state index is 10.7. The molecule has 0 spiro atoms. The molecule has 9 heteroatoms. The second-order valence-electron chi connectivity index (χ2n) is 5.22. The molecule has 0 bridgehead atoms. The Bertz CT molecular complexity index is 618. The van der Waals surface area contributed by atoms with Gasteiger partial charge in [-0.1, -0.05) is 26.0 Å². The number of halogens is 6. The molecule has 0 fully saturated rings. The quantitative estimate of drug-likeness (QED) is 0.389. The van der Waals surface area contributed by atoms with Crippen molar-refractivity contribution in [1.82, 2.24) is 4.57 Å². The van der Waals surface area contributed by atoms with Crippen molar-refractivity contribution in [2.45, 2.75) is 20.4 Å². The van der Waals surface area contributed by atoms with Gasteiger partial charge in [0, 0.05) is 0 Å². The normalized spacial score (nSPS) is 15.3. The number of para-hydroxylation sites is 2. The summed E-state index contributed by atoms with van der Waals surface area (Å²) in [7, 11) is -8.56. The standard InChI is InChI=1S/C12H17N2.F6P/c1-10(2)8-14-9-13(3)11-6-4-5-7-12(11)14;1-7(2,3,4,5)6/h4-7,9-10H,8H2,1-3H3;/q+1;-1. The zero-order valence-corrected chi connectivity index (χ0v) is 12.7. The van der Waals surface area contributed by atoms with Gasteiger partial charge in [-0.3, -0.25) is 0 Å². The fourth-order valence-corrected chi connectivity index (χ4v) is 1.88. The van der Waals surface area contributed by atoms with E-state index in [9.17, 15) is 25.2 Å². The summed E-state index contributed by atoms with van der Waals surface area (Å²) >= 11 is 0. The Morgan fingerprint density at radius 2 is 1.52 bits per heavy atom. The van der Waals surface area contributed by atoms with Crippen LogP contribution in [0.4, 0.5) is 25.2 Å². The molecule has 2 nitrogen and oxygen atoms in total. The molecule has 0 aliphatic rings. The summed E-state index contributed by atoms with van der Waals surface area (Å²) in [6.07, 6.45) is 2.17. The molecular formula is C12H17F6N2P. The summed E-state index contributed by atoms with van der Waals surface area (Å²) in [5.41, 5.74) is 2.62. The van der Waals surface area contributed by atoms with Crippen LogP contribution in [0.15, 0.2) is 30.6 Å². The Morgan fingerprint density at radius 1 is 1.05 bits per heavy atom. The number of hydrogen-bond acceptors (Lipinski definition) is 0. The van der Waals surface area contributed by atoms with E-state index in [0.717, 1.165) is 6.54 Å². The van der Waals surface area contributed by atoms with E-state index in [2.05, 4.69) is 60.6 Å². The fraction of sp³-hybridized carbons (Fsp3) is 0.417. The van der Waals surface area contributed by atoms with E-state index < -0.39 is 7.81 Å². The third-order valence-corrected chi connectivity index (χ3v) is 2.45. The van der Waals surface area contributed by atoms with E-state index in [4.69, 9.17) is 0 Å². The third kappa shape index (κ3) is 7.90. The number of imidazole rings is 1. The molecule has 0 radical (unpaired) electrons. The van der Waals surface area contributed by atoms with Crippen LogP contribution in [0.5, 0.6) is 0 Å². The molecule has 0 saturated heterocycles. The van der Waals surface area contributed by atoms with Gasteiger partial charge in [0.05, 0.1) is 13.6 Å². The van der Waals surface area contributed by atoms with Crippen molar-refractivity contribution >= 4 is 18.8 Å². The Labute approximate surface area is 118 Å². The Hall–Kier alpha value is -1.30. The van der Waals surface area contributed by atoms with Gasteiger partial charge in [0.1, 0.15) is 0 Å². The first-order chi connectivity index (χ1) is 9.13. The van der Waals surface area contributed by atoms with Crippen LogP contribution in [0.3, 0.4) is 0 Å². The molecule has 21 heavy (non-hydrogen) atoms. The Morgan fingerprint density at radius 3 is 2.00 bits per heavy atom. The van der Waals surface area contributed by atoms with Gasteiger partial charge in [0.15, 0.2) is 11.0 Å². The van der Waals surface area contributed by atoms with Crippen LogP contribution in [0, 0.1) is 5.92 Å². The minimum atomic E-state index is -10.7. The fourth-order valence-electron chi connectivity index (χ4n) is 1.88. The molecule has 122 valence electrons. The van der Waals surface area contributed by atoms with Gasteiger partial charge in [-0.15, -0.1) is 0 Å². The second-order valence-corrected chi connectivity index (χ2v) is 7.14. The van der Waals surface area contributed by atoms with Gasteiger partial charge >= 0.3 is 33.0 Å². The SMILES string of the molecule is CC(C)Cn1c[n+](C)c2ccccc21.F[P-](F)(F)(F)(F)F. The Balaban J connectivity index is 0.000000270. The van der Waals surface area contributed by atoms with Crippen molar-refractivity contribution in [1.29, 1.82) is 0 Å². The summed E-state index contributed by atoms with van der Waals surface area (Å²) in [6, 6.07) is 8.52. The van der Waals surface area contributed by atoms with Crippen LogP contribution in [-0.2, 0) is 13.6 Å². The summed E-state index contributed by atoms with van der Waals surface area (Å²) in [4.78, 5) is 0. The molecule has 0 N–H and O–H groups in total. The van der Waals surface area contributed by atoms with Crippen LogP contribution in [0.25, 0.3) is 11.0 Å². The van der Waals surface area contributed by atoms with Crippen LogP contribution < -0.4 is 4.57 Å². The van der Waals surface area contributed by atoms with Gasteiger partial charge in [-0.2, -0.15) is 0 Å². The van der Waals surface area contributed by atoms with E-state index >= 15 is 0 Å². The van der Waals surface area contributed by atoms with E-state index in [1.54, 1.807) is 0 Å². The van der Waals surface area contributed by atoms with Crippen LogP contribution in [0.2, 0.25) is 0 Å². The molecule has 2 aromatic rings. The number of aromatic nitrogens is 2. The number of nitrogens with zero attached hydrogens (tertiary/aromatic N) is 2. The van der Waals surface area contributed by atoms with Crippen LogP contribution >= 0.6 is 7.81 Å². The van der Waals surface area contributed by atoms with Gasteiger partial charge in [0.25, 0.3) is 0 Å². The molecule has 0 aliphatic heterocycles. The van der Waals surface area contributed by atoms with Crippen molar-refractivity contribution in [2.24, 2.45) is 13.0 Å². The molecule has 1 heterocycles. The molecule has 0 amide bonds. The maximum atomic E-state index is 9.87. The molecule has 0 saturated carbocycles. The van der Waals surface area contributed by atoms with Crippen molar-refractivity contribution < 1.29 is 29.7 Å². The van der Waals surface area contributed by atoms with Crippen LogP contribution in [-0.4, -0.2) is 4.57 Å². The van der Waals surface area contributed by atoms with E-state index in [0.29, 0.717) is 5.92 Å². The predicted molar refractivity (Wildman–Crippen MR) is 71.5 cm³/mol. The van der Waals surface area contributed by atoms with Crippen molar-refractivity contribution in [2.75, 3.05) is 0 Å². The zero-order valence-electron chi connectivity index (χ0n) is 11.8. The molecule has 0 unspecified atom stereocenters. The second kappa shape index (κ2) is 4.87. The summed E-state index contributed by atoms with van der Waals surface area (Å²) in [6.45, 7) is 5.57.